The normalized spacial score (nSPS) is 12.2. The quantitative estimate of drug-likeness (QED) is 0.401. The first-order valence-electron chi connectivity index (χ1n) is 8.15. The minimum Gasteiger partial charge on any atom is -0.302 e. The monoisotopic (exact) mass is 411 g/mol. The molecule has 0 amide bonds. The van der Waals surface area contributed by atoms with Crippen LogP contribution in [0.1, 0.15) is 0 Å². The highest BCUT2D eigenvalue weighted by atomic mass is 35.5. The molecule has 0 aliphatic carbocycles. The molecule has 3 aromatic carbocycles. The van der Waals surface area contributed by atoms with Gasteiger partial charge in [0.25, 0.3) is 0 Å². The van der Waals surface area contributed by atoms with E-state index in [1.165, 1.54) is 4.90 Å². The summed E-state index contributed by atoms with van der Waals surface area (Å²) in [4.78, 5) is 7.27. The Morgan fingerprint density at radius 2 is 1.67 bits per heavy atom. The van der Waals surface area contributed by atoms with E-state index in [0.29, 0.717) is 20.8 Å². The number of hydrogen-bond donors (Lipinski definition) is 1. The second kappa shape index (κ2) is 7.82. The molecule has 0 saturated heterocycles. The Balaban J connectivity index is 1.73. The van der Waals surface area contributed by atoms with Crippen molar-refractivity contribution in [2.24, 2.45) is 0 Å². The molecular formula is C21H14ClNO2S2. The number of aromatic nitrogens is 1. The smallest absolute Gasteiger partial charge is 0.186 e. The summed E-state index contributed by atoms with van der Waals surface area (Å²) in [5, 5.41) is 1.17. The molecule has 1 atom stereocenters. The Bertz CT molecular complexity index is 1150. The highest BCUT2D eigenvalue weighted by Crippen LogP contribution is 2.33. The Morgan fingerprint density at radius 1 is 0.889 bits per heavy atom. The van der Waals surface area contributed by atoms with E-state index in [2.05, 4.69) is 29.2 Å². The van der Waals surface area contributed by atoms with Gasteiger partial charge in [-0.15, -0.1) is 0 Å². The maximum Gasteiger partial charge on any atom is 0.186 e. The van der Waals surface area contributed by atoms with Crippen molar-refractivity contribution in [2.75, 3.05) is 0 Å². The molecule has 1 unspecified atom stereocenters. The zero-order valence-electron chi connectivity index (χ0n) is 14.0. The van der Waals surface area contributed by atoms with Gasteiger partial charge in [-0.1, -0.05) is 53.7 Å². The van der Waals surface area contributed by atoms with E-state index in [0.717, 1.165) is 16.2 Å². The Kier molecular flexibility index (Phi) is 5.27. The molecule has 0 saturated carbocycles. The summed E-state index contributed by atoms with van der Waals surface area (Å²) >= 11 is 6.07. The number of fused-ring (bicyclic) bond motifs is 1. The molecular weight excluding hydrogens is 398 g/mol. The lowest BCUT2D eigenvalue weighted by atomic mass is 10.1. The van der Waals surface area contributed by atoms with Crippen LogP contribution < -0.4 is 0 Å². The SMILES string of the molecule is O=S(O)c1ccc2nc(-c3cccc(Sc4ccccc4)c3)cc(Cl)c2c1. The number of nitrogens with zero attached hydrogens (tertiary/aromatic N) is 1. The third-order valence-corrected chi connectivity index (χ3v) is 6.01. The summed E-state index contributed by atoms with van der Waals surface area (Å²) < 4.78 is 20.5. The topological polar surface area (TPSA) is 50.2 Å². The first kappa shape index (κ1) is 18.2. The number of rotatable bonds is 4. The summed E-state index contributed by atoms with van der Waals surface area (Å²) in [7, 11) is 0. The van der Waals surface area contributed by atoms with Crippen LogP contribution in [0.4, 0.5) is 0 Å². The molecule has 0 aliphatic heterocycles. The number of hydrogen-bond acceptors (Lipinski definition) is 3. The third-order valence-electron chi connectivity index (χ3n) is 4.04. The molecule has 1 aromatic heterocycles. The van der Waals surface area contributed by atoms with Crippen LogP contribution in [0.3, 0.4) is 0 Å². The summed E-state index contributed by atoms with van der Waals surface area (Å²) in [6, 6.07) is 25.0. The van der Waals surface area contributed by atoms with Crippen LogP contribution in [0.2, 0.25) is 5.02 Å². The van der Waals surface area contributed by atoms with Gasteiger partial charge in [0, 0.05) is 20.7 Å². The summed E-state index contributed by atoms with van der Waals surface area (Å²) in [5.74, 6) is 0. The van der Waals surface area contributed by atoms with Gasteiger partial charge in [0.15, 0.2) is 11.1 Å². The van der Waals surface area contributed by atoms with E-state index >= 15 is 0 Å². The van der Waals surface area contributed by atoms with Crippen molar-refractivity contribution in [1.29, 1.82) is 0 Å². The third kappa shape index (κ3) is 4.06. The lowest BCUT2D eigenvalue weighted by Gasteiger charge is -2.08. The van der Waals surface area contributed by atoms with Crippen molar-refractivity contribution in [2.45, 2.75) is 14.7 Å². The molecule has 4 aromatic rings. The van der Waals surface area contributed by atoms with Gasteiger partial charge in [0.05, 0.1) is 21.1 Å². The Hall–Kier alpha value is -2.18. The van der Waals surface area contributed by atoms with Crippen LogP contribution in [0.25, 0.3) is 22.2 Å². The Morgan fingerprint density at radius 3 is 2.44 bits per heavy atom. The molecule has 134 valence electrons. The van der Waals surface area contributed by atoms with Crippen molar-refractivity contribution >= 4 is 45.3 Å². The van der Waals surface area contributed by atoms with Crippen LogP contribution >= 0.6 is 23.4 Å². The van der Waals surface area contributed by atoms with Crippen molar-refractivity contribution in [3.8, 4) is 11.3 Å². The fourth-order valence-corrected chi connectivity index (χ4v) is 4.32. The van der Waals surface area contributed by atoms with Gasteiger partial charge < -0.3 is 4.55 Å². The first-order chi connectivity index (χ1) is 13.1. The first-order valence-corrected chi connectivity index (χ1v) is 10.4. The lowest BCUT2D eigenvalue weighted by molar-refractivity contribution is 0.564. The van der Waals surface area contributed by atoms with Crippen molar-refractivity contribution in [3.63, 3.8) is 0 Å². The maximum absolute atomic E-state index is 11.3. The molecule has 3 nitrogen and oxygen atoms in total. The van der Waals surface area contributed by atoms with Crippen molar-refractivity contribution in [3.05, 3.63) is 83.9 Å². The molecule has 1 N–H and O–H groups in total. The zero-order chi connectivity index (χ0) is 18.8. The van der Waals surface area contributed by atoms with Gasteiger partial charge in [-0.25, -0.2) is 9.19 Å². The Labute approximate surface area is 168 Å². The molecule has 4 rings (SSSR count). The number of benzene rings is 3. The average molecular weight is 412 g/mol. The molecule has 0 bridgehead atoms. The van der Waals surface area contributed by atoms with Gasteiger partial charge in [-0.2, -0.15) is 0 Å². The largest absolute Gasteiger partial charge is 0.302 e. The highest BCUT2D eigenvalue weighted by molar-refractivity contribution is 7.99. The van der Waals surface area contributed by atoms with Crippen LogP contribution in [0, 0.1) is 0 Å². The van der Waals surface area contributed by atoms with E-state index in [9.17, 15) is 8.76 Å². The van der Waals surface area contributed by atoms with Crippen LogP contribution in [0.15, 0.2) is 93.5 Å². The van der Waals surface area contributed by atoms with Gasteiger partial charge in [0.2, 0.25) is 0 Å². The summed E-state index contributed by atoms with van der Waals surface area (Å²) in [6.07, 6.45) is 0. The highest BCUT2D eigenvalue weighted by Gasteiger charge is 2.10. The number of halogens is 1. The molecule has 27 heavy (non-hydrogen) atoms. The van der Waals surface area contributed by atoms with Crippen LogP contribution in [0.5, 0.6) is 0 Å². The minimum absolute atomic E-state index is 0.306. The summed E-state index contributed by atoms with van der Waals surface area (Å²) in [6.45, 7) is 0. The lowest BCUT2D eigenvalue weighted by Crippen LogP contribution is -1.91. The van der Waals surface area contributed by atoms with Gasteiger partial charge in [-0.3, -0.25) is 0 Å². The van der Waals surface area contributed by atoms with E-state index < -0.39 is 11.1 Å². The summed E-state index contributed by atoms with van der Waals surface area (Å²) in [5.41, 5.74) is 2.42. The van der Waals surface area contributed by atoms with Gasteiger partial charge in [-0.05, 0) is 48.5 Å². The van der Waals surface area contributed by atoms with Crippen molar-refractivity contribution < 1.29 is 8.76 Å². The predicted octanol–water partition coefficient (Wildman–Crippen LogP) is 6.29. The molecule has 6 heteroatoms. The predicted molar refractivity (Wildman–Crippen MR) is 112 cm³/mol. The van der Waals surface area contributed by atoms with Crippen LogP contribution in [-0.2, 0) is 11.1 Å². The van der Waals surface area contributed by atoms with E-state index in [4.69, 9.17) is 11.6 Å². The van der Waals surface area contributed by atoms with E-state index in [-0.39, 0.29) is 0 Å². The van der Waals surface area contributed by atoms with Crippen molar-refractivity contribution in [1.82, 2.24) is 4.98 Å². The average Bonchev–Trinajstić information content (AvgIpc) is 2.68. The fourth-order valence-electron chi connectivity index (χ4n) is 2.76. The minimum atomic E-state index is -2.05. The van der Waals surface area contributed by atoms with Crippen LogP contribution in [-0.4, -0.2) is 13.7 Å². The molecule has 1 heterocycles. The van der Waals surface area contributed by atoms with Gasteiger partial charge >= 0.3 is 0 Å². The second-order valence-corrected chi connectivity index (χ2v) is 8.38. The van der Waals surface area contributed by atoms with E-state index in [1.54, 1.807) is 36.0 Å². The standard InChI is InChI=1S/C21H14ClNO2S2/c22-19-13-21(23-20-10-9-17(27(24)25)12-18(19)20)14-5-4-8-16(11-14)26-15-6-2-1-3-7-15/h1-13H,(H,24,25). The number of pyridine rings is 1. The van der Waals surface area contributed by atoms with E-state index in [1.807, 2.05) is 30.3 Å². The molecule has 0 radical (unpaired) electrons. The molecule has 0 spiro atoms. The molecule has 0 aliphatic rings. The second-order valence-electron chi connectivity index (χ2n) is 5.86. The zero-order valence-corrected chi connectivity index (χ0v) is 16.4. The van der Waals surface area contributed by atoms with Gasteiger partial charge in [0.1, 0.15) is 0 Å². The fraction of sp³-hybridized carbons (Fsp3) is 0. The molecule has 0 fully saturated rings. The maximum atomic E-state index is 11.3.